The summed E-state index contributed by atoms with van der Waals surface area (Å²) in [5, 5.41) is 9.64. The van der Waals surface area contributed by atoms with Crippen LogP contribution in [0.15, 0.2) is 82.7 Å². The molecule has 36 heavy (non-hydrogen) atoms. The van der Waals surface area contributed by atoms with Crippen LogP contribution in [-0.4, -0.2) is 36.4 Å². The van der Waals surface area contributed by atoms with Crippen molar-refractivity contribution < 1.29 is 4.79 Å². The van der Waals surface area contributed by atoms with E-state index < -0.39 is 5.25 Å². The van der Waals surface area contributed by atoms with Crippen molar-refractivity contribution in [2.24, 2.45) is 0 Å². The molecule has 0 radical (unpaired) electrons. The first kappa shape index (κ1) is 22.5. The summed E-state index contributed by atoms with van der Waals surface area (Å²) in [6, 6.07) is 23.4. The fraction of sp³-hybridized carbons (Fsp3) is 0.214. The van der Waals surface area contributed by atoms with Gasteiger partial charge in [-0.05, 0) is 62.6 Å². The van der Waals surface area contributed by atoms with E-state index in [0.29, 0.717) is 16.3 Å². The average molecular weight is 496 g/mol. The minimum absolute atomic E-state index is 0.0331. The van der Waals surface area contributed by atoms with Crippen LogP contribution in [0.1, 0.15) is 25.0 Å². The topological polar surface area (TPSA) is 72.5 Å². The van der Waals surface area contributed by atoms with Crippen LogP contribution in [-0.2, 0) is 11.2 Å². The number of rotatable bonds is 4. The fourth-order valence-electron chi connectivity index (χ4n) is 5.09. The summed E-state index contributed by atoms with van der Waals surface area (Å²) in [6.45, 7) is 5.95. The maximum atomic E-state index is 13.6. The van der Waals surface area contributed by atoms with Gasteiger partial charge in [-0.25, -0.2) is 4.57 Å². The number of carbonyl (C=O) groups excluding carboxylic acids is 1. The molecular weight excluding hydrogens is 470 g/mol. The summed E-state index contributed by atoms with van der Waals surface area (Å²) in [6.07, 6.45) is 0.848. The van der Waals surface area contributed by atoms with Crippen molar-refractivity contribution in [3.63, 3.8) is 0 Å². The summed E-state index contributed by atoms with van der Waals surface area (Å²) in [5.41, 5.74) is 4.45. The molecule has 0 saturated heterocycles. The molecule has 0 fully saturated rings. The Labute approximate surface area is 212 Å². The van der Waals surface area contributed by atoms with Gasteiger partial charge in [-0.2, -0.15) is 0 Å². The van der Waals surface area contributed by atoms with Crippen molar-refractivity contribution in [2.45, 2.75) is 43.6 Å². The highest BCUT2D eigenvalue weighted by molar-refractivity contribution is 8.00. The van der Waals surface area contributed by atoms with Gasteiger partial charge >= 0.3 is 0 Å². The van der Waals surface area contributed by atoms with Gasteiger partial charge in [0.05, 0.1) is 21.8 Å². The summed E-state index contributed by atoms with van der Waals surface area (Å²) in [4.78, 5) is 29.1. The molecule has 6 rings (SSSR count). The van der Waals surface area contributed by atoms with Gasteiger partial charge in [0, 0.05) is 11.7 Å². The molecule has 2 aromatic heterocycles. The quantitative estimate of drug-likeness (QED) is 0.335. The Bertz CT molecular complexity index is 1710. The van der Waals surface area contributed by atoms with E-state index in [-0.39, 0.29) is 17.5 Å². The second kappa shape index (κ2) is 8.64. The van der Waals surface area contributed by atoms with E-state index in [2.05, 4.69) is 23.2 Å². The van der Waals surface area contributed by atoms with Crippen LogP contribution in [0.3, 0.4) is 0 Å². The number of nitrogens with zero attached hydrogens (tertiary/aromatic N) is 5. The molecule has 1 amide bonds. The molecule has 1 aliphatic rings. The number of fused-ring (bicyclic) bond motifs is 4. The molecule has 0 aliphatic carbocycles. The van der Waals surface area contributed by atoms with E-state index in [0.717, 1.165) is 28.9 Å². The fourth-order valence-corrected chi connectivity index (χ4v) is 6.00. The second-order valence-corrected chi connectivity index (χ2v) is 10.5. The maximum Gasteiger partial charge on any atom is 0.267 e. The lowest BCUT2D eigenvalue weighted by molar-refractivity contribution is -0.118. The van der Waals surface area contributed by atoms with E-state index in [1.54, 1.807) is 4.57 Å². The Morgan fingerprint density at radius 2 is 1.67 bits per heavy atom. The molecule has 3 heterocycles. The van der Waals surface area contributed by atoms with Gasteiger partial charge in [-0.3, -0.25) is 14.0 Å². The SMILES string of the molecule is Cc1ccccc1-n1c(=O)c2ccccc2n2c(SC(C)C(=O)N3c4ccccc4CC3C)nnc12. The summed E-state index contributed by atoms with van der Waals surface area (Å²) in [7, 11) is 0. The number of thioether (sulfide) groups is 1. The number of hydrogen-bond donors (Lipinski definition) is 0. The molecular formula is C28H25N5O2S. The molecule has 7 nitrogen and oxygen atoms in total. The smallest absolute Gasteiger partial charge is 0.267 e. The van der Waals surface area contributed by atoms with Gasteiger partial charge in [0.15, 0.2) is 5.16 Å². The number of hydrogen-bond acceptors (Lipinski definition) is 5. The molecule has 2 atom stereocenters. The molecule has 0 spiro atoms. The molecule has 2 unspecified atom stereocenters. The zero-order valence-corrected chi connectivity index (χ0v) is 21.1. The Hall–Kier alpha value is -3.91. The Morgan fingerprint density at radius 1 is 0.972 bits per heavy atom. The van der Waals surface area contributed by atoms with Crippen molar-refractivity contribution in [1.82, 2.24) is 19.2 Å². The standard InChI is InChI=1S/C28H25N5O2S/c1-17-10-4-7-13-22(17)32-26(35)21-12-6-9-15-24(21)33-27(32)29-30-28(33)36-19(3)25(34)31-18(2)16-20-11-5-8-14-23(20)31/h4-15,18-19H,16H2,1-3H3. The number of carbonyl (C=O) groups is 1. The van der Waals surface area contributed by atoms with Crippen LogP contribution in [0.4, 0.5) is 5.69 Å². The predicted molar refractivity (Wildman–Crippen MR) is 143 cm³/mol. The number of para-hydroxylation sites is 3. The minimum atomic E-state index is -0.399. The molecule has 1 aliphatic heterocycles. The van der Waals surface area contributed by atoms with Gasteiger partial charge in [0.1, 0.15) is 0 Å². The molecule has 0 saturated carbocycles. The maximum absolute atomic E-state index is 13.6. The van der Waals surface area contributed by atoms with Gasteiger partial charge in [0.25, 0.3) is 5.56 Å². The lowest BCUT2D eigenvalue weighted by Gasteiger charge is -2.25. The number of aromatic nitrogens is 4. The van der Waals surface area contributed by atoms with Gasteiger partial charge in [0.2, 0.25) is 11.7 Å². The van der Waals surface area contributed by atoms with Crippen molar-refractivity contribution in [1.29, 1.82) is 0 Å². The Kier molecular flexibility index (Phi) is 5.41. The number of benzene rings is 3. The summed E-state index contributed by atoms with van der Waals surface area (Å²) >= 11 is 1.36. The Morgan fingerprint density at radius 3 is 2.47 bits per heavy atom. The third kappa shape index (κ3) is 3.44. The van der Waals surface area contributed by atoms with Gasteiger partial charge in [-0.1, -0.05) is 60.3 Å². The zero-order chi connectivity index (χ0) is 25.0. The molecule has 8 heteroatoms. The van der Waals surface area contributed by atoms with Crippen molar-refractivity contribution in [3.8, 4) is 5.69 Å². The first-order valence-corrected chi connectivity index (χ1v) is 12.9. The van der Waals surface area contributed by atoms with E-state index >= 15 is 0 Å². The van der Waals surface area contributed by atoms with Crippen LogP contribution in [0, 0.1) is 6.92 Å². The van der Waals surface area contributed by atoms with Crippen LogP contribution >= 0.6 is 11.8 Å². The summed E-state index contributed by atoms with van der Waals surface area (Å²) < 4.78 is 3.50. The number of amides is 1. The molecule has 0 N–H and O–H groups in total. The first-order chi connectivity index (χ1) is 17.5. The van der Waals surface area contributed by atoms with Crippen LogP contribution < -0.4 is 10.5 Å². The lowest BCUT2D eigenvalue weighted by atomic mass is 10.1. The van der Waals surface area contributed by atoms with Crippen LogP contribution in [0.2, 0.25) is 0 Å². The average Bonchev–Trinajstić information content (AvgIpc) is 3.45. The highest BCUT2D eigenvalue weighted by Gasteiger charge is 2.34. The van der Waals surface area contributed by atoms with E-state index in [1.807, 2.05) is 89.9 Å². The van der Waals surface area contributed by atoms with E-state index in [4.69, 9.17) is 0 Å². The Balaban J connectivity index is 1.46. The van der Waals surface area contributed by atoms with Gasteiger partial charge < -0.3 is 4.90 Å². The van der Waals surface area contributed by atoms with E-state index in [1.165, 1.54) is 17.3 Å². The number of anilines is 1. The summed E-state index contributed by atoms with van der Waals surface area (Å²) in [5.74, 6) is 0.459. The first-order valence-electron chi connectivity index (χ1n) is 12.0. The molecule has 5 aromatic rings. The van der Waals surface area contributed by atoms with Crippen LogP contribution in [0.5, 0.6) is 0 Å². The third-order valence-electron chi connectivity index (χ3n) is 6.83. The molecule has 3 aromatic carbocycles. The van der Waals surface area contributed by atoms with Crippen molar-refractivity contribution >= 4 is 40.0 Å². The number of aryl methyl sites for hydroxylation is 1. The van der Waals surface area contributed by atoms with Crippen molar-refractivity contribution in [3.05, 3.63) is 94.3 Å². The second-order valence-electron chi connectivity index (χ2n) is 9.21. The minimum Gasteiger partial charge on any atom is -0.308 e. The lowest BCUT2D eigenvalue weighted by Crippen LogP contribution is -2.40. The van der Waals surface area contributed by atoms with E-state index in [9.17, 15) is 9.59 Å². The highest BCUT2D eigenvalue weighted by atomic mass is 32.2. The largest absolute Gasteiger partial charge is 0.308 e. The predicted octanol–water partition coefficient (Wildman–Crippen LogP) is 4.80. The highest BCUT2D eigenvalue weighted by Crippen LogP contribution is 2.35. The van der Waals surface area contributed by atoms with Crippen molar-refractivity contribution in [2.75, 3.05) is 4.90 Å². The normalized spacial score (nSPS) is 16.0. The molecule has 180 valence electrons. The monoisotopic (exact) mass is 495 g/mol. The van der Waals surface area contributed by atoms with Gasteiger partial charge in [-0.15, -0.1) is 10.2 Å². The zero-order valence-electron chi connectivity index (χ0n) is 20.3. The molecule has 0 bridgehead atoms. The van der Waals surface area contributed by atoms with Crippen LogP contribution in [0.25, 0.3) is 22.4 Å². The third-order valence-corrected chi connectivity index (χ3v) is 7.86.